The molecule has 0 radical (unpaired) electrons. The van der Waals surface area contributed by atoms with E-state index in [1.165, 1.54) is 11.8 Å². The van der Waals surface area contributed by atoms with Crippen LogP contribution in [0.25, 0.3) is 11.5 Å². The molecular weight excluding hydrogens is 350 g/mol. The van der Waals surface area contributed by atoms with Crippen LogP contribution in [0.5, 0.6) is 5.75 Å². The van der Waals surface area contributed by atoms with E-state index in [2.05, 4.69) is 10.2 Å². The van der Waals surface area contributed by atoms with E-state index in [0.717, 1.165) is 17.0 Å². The maximum atomic E-state index is 12.3. The number of para-hydroxylation sites is 1. The van der Waals surface area contributed by atoms with Crippen molar-refractivity contribution in [3.63, 3.8) is 0 Å². The number of carbonyl (C=O) groups is 1. The van der Waals surface area contributed by atoms with Gasteiger partial charge in [0.2, 0.25) is 11.8 Å². The summed E-state index contributed by atoms with van der Waals surface area (Å²) < 4.78 is 11.0. The van der Waals surface area contributed by atoms with Gasteiger partial charge in [-0.3, -0.25) is 4.79 Å². The van der Waals surface area contributed by atoms with Gasteiger partial charge in [0.05, 0.1) is 12.4 Å². The van der Waals surface area contributed by atoms with Crippen LogP contribution in [0.3, 0.4) is 0 Å². The lowest BCUT2D eigenvalue weighted by Crippen LogP contribution is -2.27. The fourth-order valence-corrected chi connectivity index (χ4v) is 2.94. The van der Waals surface area contributed by atoms with Crippen molar-refractivity contribution in [2.45, 2.75) is 12.1 Å². The maximum Gasteiger partial charge on any atom is 0.277 e. The van der Waals surface area contributed by atoms with Gasteiger partial charge in [0, 0.05) is 18.3 Å². The number of rotatable bonds is 7. The number of hydrogen-bond donors (Lipinski definition) is 0. The molecule has 0 unspecified atom stereocenters. The van der Waals surface area contributed by atoms with Gasteiger partial charge in [-0.1, -0.05) is 30.0 Å². The Labute approximate surface area is 156 Å². The molecule has 26 heavy (non-hydrogen) atoms. The number of nitrogens with zero attached hydrogens (tertiary/aromatic N) is 3. The van der Waals surface area contributed by atoms with Crippen molar-refractivity contribution in [1.82, 2.24) is 10.2 Å². The Hall–Kier alpha value is -2.80. The van der Waals surface area contributed by atoms with Gasteiger partial charge in [-0.2, -0.15) is 0 Å². The minimum Gasteiger partial charge on any atom is -0.494 e. The predicted octanol–water partition coefficient (Wildman–Crippen LogP) is 3.89. The van der Waals surface area contributed by atoms with E-state index in [1.54, 1.807) is 11.9 Å². The first-order chi connectivity index (χ1) is 12.7. The Bertz CT molecular complexity index is 850. The van der Waals surface area contributed by atoms with E-state index in [1.807, 2.05) is 61.5 Å². The standard InChI is InChI=1S/C19H19N3O3S/c1-3-24-16-11-9-14(10-12-16)18-20-21-19(25-18)26-13-17(23)22(2)15-7-5-4-6-8-15/h4-12H,3,13H2,1-2H3. The largest absolute Gasteiger partial charge is 0.494 e. The molecule has 0 saturated heterocycles. The summed E-state index contributed by atoms with van der Waals surface area (Å²) in [5.74, 6) is 1.39. The second kappa shape index (κ2) is 8.53. The Morgan fingerprint density at radius 1 is 1.12 bits per heavy atom. The Kier molecular flexibility index (Phi) is 5.91. The van der Waals surface area contributed by atoms with Crippen molar-refractivity contribution in [2.24, 2.45) is 0 Å². The van der Waals surface area contributed by atoms with Crippen molar-refractivity contribution in [3.8, 4) is 17.2 Å². The lowest BCUT2D eigenvalue weighted by molar-refractivity contribution is -0.115. The molecule has 0 bridgehead atoms. The van der Waals surface area contributed by atoms with Crippen LogP contribution in [-0.2, 0) is 4.79 Å². The number of amides is 1. The van der Waals surface area contributed by atoms with E-state index in [9.17, 15) is 4.79 Å². The number of carbonyl (C=O) groups excluding carboxylic acids is 1. The Morgan fingerprint density at radius 2 is 1.85 bits per heavy atom. The van der Waals surface area contributed by atoms with E-state index in [-0.39, 0.29) is 11.7 Å². The molecule has 7 heteroatoms. The quantitative estimate of drug-likeness (QED) is 0.589. The van der Waals surface area contributed by atoms with Gasteiger partial charge >= 0.3 is 0 Å². The second-order valence-corrected chi connectivity index (χ2v) is 6.33. The molecule has 0 N–H and O–H groups in total. The van der Waals surface area contributed by atoms with Crippen molar-refractivity contribution in [2.75, 3.05) is 24.3 Å². The third kappa shape index (κ3) is 4.43. The van der Waals surface area contributed by atoms with Gasteiger partial charge in [-0.05, 0) is 43.3 Å². The number of benzene rings is 2. The Morgan fingerprint density at radius 3 is 2.54 bits per heavy atom. The number of anilines is 1. The van der Waals surface area contributed by atoms with Gasteiger partial charge in [0.25, 0.3) is 5.22 Å². The molecule has 0 aliphatic carbocycles. The molecule has 0 fully saturated rings. The van der Waals surface area contributed by atoms with Crippen LogP contribution in [0.15, 0.2) is 64.2 Å². The third-order valence-electron chi connectivity index (χ3n) is 3.66. The first-order valence-electron chi connectivity index (χ1n) is 8.18. The molecular formula is C19H19N3O3S. The summed E-state index contributed by atoms with van der Waals surface area (Å²) in [5.41, 5.74) is 1.65. The predicted molar refractivity (Wildman–Crippen MR) is 101 cm³/mol. The monoisotopic (exact) mass is 369 g/mol. The molecule has 0 saturated carbocycles. The van der Waals surface area contributed by atoms with Crippen LogP contribution in [0.2, 0.25) is 0 Å². The Balaban J connectivity index is 1.59. The van der Waals surface area contributed by atoms with Gasteiger partial charge in [-0.25, -0.2) is 0 Å². The fourth-order valence-electron chi connectivity index (χ4n) is 2.26. The number of ether oxygens (including phenoxy) is 1. The molecule has 1 amide bonds. The lowest BCUT2D eigenvalue weighted by Gasteiger charge is -2.16. The van der Waals surface area contributed by atoms with Crippen LogP contribution in [0.1, 0.15) is 6.92 Å². The zero-order valence-electron chi connectivity index (χ0n) is 14.6. The SMILES string of the molecule is CCOc1ccc(-c2nnc(SCC(=O)N(C)c3ccccc3)o2)cc1. The van der Waals surface area contributed by atoms with Gasteiger partial charge in [-0.15, -0.1) is 10.2 Å². The zero-order chi connectivity index (χ0) is 18.4. The molecule has 3 rings (SSSR count). The molecule has 1 aromatic heterocycles. The molecule has 0 aliphatic rings. The molecule has 0 spiro atoms. The van der Waals surface area contributed by atoms with Crippen molar-refractivity contribution < 1.29 is 13.9 Å². The maximum absolute atomic E-state index is 12.3. The van der Waals surface area contributed by atoms with E-state index < -0.39 is 0 Å². The highest BCUT2D eigenvalue weighted by Crippen LogP contribution is 2.25. The average molecular weight is 369 g/mol. The summed E-state index contributed by atoms with van der Waals surface area (Å²) in [6.07, 6.45) is 0. The summed E-state index contributed by atoms with van der Waals surface area (Å²) in [6.45, 7) is 2.55. The van der Waals surface area contributed by atoms with Crippen LogP contribution in [0, 0.1) is 0 Å². The minimum atomic E-state index is -0.0398. The average Bonchev–Trinajstić information content (AvgIpc) is 3.16. The third-order valence-corrected chi connectivity index (χ3v) is 4.46. The van der Waals surface area contributed by atoms with Crippen LogP contribution >= 0.6 is 11.8 Å². The molecule has 0 atom stereocenters. The molecule has 6 nitrogen and oxygen atoms in total. The van der Waals surface area contributed by atoms with Gasteiger partial charge < -0.3 is 14.1 Å². The van der Waals surface area contributed by atoms with Crippen LogP contribution in [-0.4, -0.2) is 35.5 Å². The first-order valence-corrected chi connectivity index (χ1v) is 9.17. The molecule has 1 heterocycles. The van der Waals surface area contributed by atoms with Crippen molar-refractivity contribution in [3.05, 3.63) is 54.6 Å². The number of thioether (sulfide) groups is 1. The number of hydrogen-bond acceptors (Lipinski definition) is 6. The van der Waals surface area contributed by atoms with E-state index in [0.29, 0.717) is 17.7 Å². The summed E-state index contributed by atoms with van der Waals surface area (Å²) in [7, 11) is 1.75. The van der Waals surface area contributed by atoms with Crippen LogP contribution < -0.4 is 9.64 Å². The first kappa shape index (κ1) is 18.0. The number of aromatic nitrogens is 2. The van der Waals surface area contributed by atoms with E-state index in [4.69, 9.17) is 9.15 Å². The normalized spacial score (nSPS) is 10.5. The van der Waals surface area contributed by atoms with Crippen LogP contribution in [0.4, 0.5) is 5.69 Å². The molecule has 134 valence electrons. The highest BCUT2D eigenvalue weighted by atomic mass is 32.2. The van der Waals surface area contributed by atoms with Gasteiger partial charge in [0.1, 0.15) is 5.75 Å². The molecule has 0 aliphatic heterocycles. The summed E-state index contributed by atoms with van der Waals surface area (Å²) in [5, 5.41) is 8.40. The highest BCUT2D eigenvalue weighted by molar-refractivity contribution is 7.99. The highest BCUT2D eigenvalue weighted by Gasteiger charge is 2.14. The summed E-state index contributed by atoms with van der Waals surface area (Å²) in [6, 6.07) is 16.9. The summed E-state index contributed by atoms with van der Waals surface area (Å²) >= 11 is 1.22. The van der Waals surface area contributed by atoms with Crippen molar-refractivity contribution >= 4 is 23.4 Å². The molecule has 2 aromatic carbocycles. The van der Waals surface area contributed by atoms with Gasteiger partial charge in [0.15, 0.2) is 0 Å². The van der Waals surface area contributed by atoms with Crippen molar-refractivity contribution in [1.29, 1.82) is 0 Å². The lowest BCUT2D eigenvalue weighted by atomic mass is 10.2. The smallest absolute Gasteiger partial charge is 0.277 e. The minimum absolute atomic E-state index is 0.0398. The zero-order valence-corrected chi connectivity index (χ0v) is 15.4. The second-order valence-electron chi connectivity index (χ2n) is 5.41. The topological polar surface area (TPSA) is 68.5 Å². The summed E-state index contributed by atoms with van der Waals surface area (Å²) in [4.78, 5) is 13.9. The molecule has 3 aromatic rings. The van der Waals surface area contributed by atoms with E-state index >= 15 is 0 Å². The fraction of sp³-hybridized carbons (Fsp3) is 0.211.